The monoisotopic (exact) mass is 345 g/mol. The van der Waals surface area contributed by atoms with Crippen LogP contribution in [-0.2, 0) is 14.6 Å². The molecule has 1 atom stereocenters. The predicted molar refractivity (Wildman–Crippen MR) is 97.1 cm³/mol. The second-order valence-corrected chi connectivity index (χ2v) is 8.53. The van der Waals surface area contributed by atoms with Crippen LogP contribution < -0.4 is 5.32 Å². The molecule has 128 valence electrons. The first kappa shape index (κ1) is 18.2. The summed E-state index contributed by atoms with van der Waals surface area (Å²) >= 11 is 0. The number of carbonyl (C=O) groups excluding carboxylic acids is 1. The molecule has 0 bridgehead atoms. The second kappa shape index (κ2) is 6.77. The van der Waals surface area contributed by atoms with Gasteiger partial charge >= 0.3 is 0 Å². The van der Waals surface area contributed by atoms with Crippen LogP contribution in [0.4, 0.5) is 5.69 Å². The number of hydrogen-bond acceptors (Lipinski definition) is 3. The molecule has 2 aromatic rings. The molecule has 0 aliphatic rings. The van der Waals surface area contributed by atoms with Gasteiger partial charge in [-0.15, -0.1) is 0 Å². The van der Waals surface area contributed by atoms with E-state index in [0.29, 0.717) is 5.69 Å². The fraction of sp³-hybridized carbons (Fsp3) is 0.316. The van der Waals surface area contributed by atoms with E-state index >= 15 is 0 Å². The lowest BCUT2D eigenvalue weighted by Crippen LogP contribution is -2.33. The zero-order valence-corrected chi connectivity index (χ0v) is 15.5. The van der Waals surface area contributed by atoms with E-state index in [1.807, 2.05) is 39.8 Å². The van der Waals surface area contributed by atoms with E-state index in [1.54, 1.807) is 12.1 Å². The third-order valence-corrected chi connectivity index (χ3v) is 6.18. The van der Waals surface area contributed by atoms with Crippen LogP contribution in [0.15, 0.2) is 41.3 Å². The third-order valence-electron chi connectivity index (χ3n) is 4.11. The molecular formula is C19H23NO3S. The van der Waals surface area contributed by atoms with Gasteiger partial charge in [0.05, 0.1) is 4.90 Å². The van der Waals surface area contributed by atoms with Crippen molar-refractivity contribution in [2.75, 3.05) is 5.32 Å². The fourth-order valence-electron chi connectivity index (χ4n) is 2.68. The van der Waals surface area contributed by atoms with Gasteiger partial charge in [0.2, 0.25) is 5.91 Å². The Morgan fingerprint density at radius 1 is 0.917 bits per heavy atom. The van der Waals surface area contributed by atoms with E-state index in [1.165, 1.54) is 19.1 Å². The smallest absolute Gasteiger partial charge is 0.242 e. The molecule has 0 heterocycles. The van der Waals surface area contributed by atoms with Gasteiger partial charge in [-0.3, -0.25) is 4.79 Å². The predicted octanol–water partition coefficient (Wildman–Crippen LogP) is 3.72. The van der Waals surface area contributed by atoms with E-state index < -0.39 is 21.0 Å². The maximum absolute atomic E-state index is 12.6. The molecule has 0 fully saturated rings. The van der Waals surface area contributed by atoms with Crippen molar-refractivity contribution in [1.29, 1.82) is 0 Å². The Hall–Kier alpha value is -2.14. The molecule has 0 saturated heterocycles. The zero-order chi connectivity index (χ0) is 18.1. The average molecular weight is 345 g/mol. The lowest BCUT2D eigenvalue weighted by molar-refractivity contribution is -0.115. The summed E-state index contributed by atoms with van der Waals surface area (Å²) < 4.78 is 25.3. The minimum Gasteiger partial charge on any atom is -0.324 e. The Bertz CT molecular complexity index is 845. The van der Waals surface area contributed by atoms with Gasteiger partial charge in [0.25, 0.3) is 0 Å². The summed E-state index contributed by atoms with van der Waals surface area (Å²) in [6, 6.07) is 10.5. The Labute approximate surface area is 143 Å². The van der Waals surface area contributed by atoms with E-state index in [0.717, 1.165) is 22.3 Å². The van der Waals surface area contributed by atoms with Gasteiger partial charge in [-0.05, 0) is 57.9 Å². The van der Waals surface area contributed by atoms with Crippen LogP contribution in [0.1, 0.15) is 29.2 Å². The number of benzene rings is 2. The van der Waals surface area contributed by atoms with Gasteiger partial charge in [0.15, 0.2) is 9.84 Å². The van der Waals surface area contributed by atoms with Gasteiger partial charge in [0.1, 0.15) is 5.25 Å². The van der Waals surface area contributed by atoms with Gasteiger partial charge in [-0.1, -0.05) is 35.4 Å². The van der Waals surface area contributed by atoms with Crippen molar-refractivity contribution in [2.24, 2.45) is 0 Å². The minimum atomic E-state index is -3.72. The normalized spacial score (nSPS) is 12.7. The SMILES string of the molecule is Cc1ccc(S(=O)(=O)[C@@H](C)C(=O)Nc2c(C)cc(C)cc2C)cc1. The number of carbonyl (C=O) groups is 1. The van der Waals surface area contributed by atoms with E-state index in [4.69, 9.17) is 0 Å². The van der Waals surface area contributed by atoms with Gasteiger partial charge in [-0.25, -0.2) is 8.42 Å². The van der Waals surface area contributed by atoms with Crippen molar-refractivity contribution in [1.82, 2.24) is 0 Å². The van der Waals surface area contributed by atoms with Crippen molar-refractivity contribution in [3.63, 3.8) is 0 Å². The summed E-state index contributed by atoms with van der Waals surface area (Å²) in [6.45, 7) is 9.08. The molecule has 0 saturated carbocycles. The number of aryl methyl sites for hydroxylation is 4. The lowest BCUT2D eigenvalue weighted by atomic mass is 10.1. The number of sulfone groups is 1. The highest BCUT2D eigenvalue weighted by atomic mass is 32.2. The van der Waals surface area contributed by atoms with Crippen molar-refractivity contribution in [3.05, 3.63) is 58.7 Å². The summed E-state index contributed by atoms with van der Waals surface area (Å²) in [5, 5.41) is 1.61. The molecule has 0 aliphatic carbocycles. The molecule has 1 N–H and O–H groups in total. The molecule has 1 amide bonds. The molecule has 4 nitrogen and oxygen atoms in total. The highest BCUT2D eigenvalue weighted by Crippen LogP contribution is 2.24. The molecular weight excluding hydrogens is 322 g/mol. The van der Waals surface area contributed by atoms with E-state index in [9.17, 15) is 13.2 Å². The Morgan fingerprint density at radius 3 is 1.92 bits per heavy atom. The summed E-state index contributed by atoms with van der Waals surface area (Å²) in [5.41, 5.74) is 4.58. The van der Waals surface area contributed by atoms with Crippen LogP contribution in [0.25, 0.3) is 0 Å². The molecule has 5 heteroatoms. The van der Waals surface area contributed by atoms with Gasteiger partial charge in [-0.2, -0.15) is 0 Å². The number of amides is 1. The van der Waals surface area contributed by atoms with Gasteiger partial charge in [0, 0.05) is 5.69 Å². The fourth-order valence-corrected chi connectivity index (χ4v) is 3.94. The second-order valence-electron chi connectivity index (χ2n) is 6.26. The number of nitrogens with one attached hydrogen (secondary N) is 1. The standard InChI is InChI=1S/C19H23NO3S/c1-12-6-8-17(9-7-12)24(22,23)16(5)19(21)20-18-14(3)10-13(2)11-15(18)4/h6-11,16H,1-5H3,(H,20,21)/t16-/m0/s1. The summed E-state index contributed by atoms with van der Waals surface area (Å²) in [7, 11) is -3.72. The van der Waals surface area contributed by atoms with Crippen LogP contribution in [0, 0.1) is 27.7 Å². The topological polar surface area (TPSA) is 63.2 Å². The summed E-state index contributed by atoms with van der Waals surface area (Å²) in [5.74, 6) is -0.523. The quantitative estimate of drug-likeness (QED) is 0.918. The van der Waals surface area contributed by atoms with Crippen LogP contribution in [-0.4, -0.2) is 19.6 Å². The third kappa shape index (κ3) is 3.67. The number of anilines is 1. The Kier molecular flexibility index (Phi) is 5.13. The maximum atomic E-state index is 12.6. The zero-order valence-electron chi connectivity index (χ0n) is 14.7. The summed E-state index contributed by atoms with van der Waals surface area (Å²) in [6.07, 6.45) is 0. The molecule has 0 aromatic heterocycles. The lowest BCUT2D eigenvalue weighted by Gasteiger charge is -2.17. The van der Waals surface area contributed by atoms with Gasteiger partial charge < -0.3 is 5.32 Å². The average Bonchev–Trinajstić information content (AvgIpc) is 2.50. The largest absolute Gasteiger partial charge is 0.324 e. The van der Waals surface area contributed by atoms with Crippen LogP contribution in [0.2, 0.25) is 0 Å². The first-order valence-corrected chi connectivity index (χ1v) is 9.37. The molecule has 24 heavy (non-hydrogen) atoms. The van der Waals surface area contributed by atoms with Crippen molar-refractivity contribution in [2.45, 2.75) is 44.8 Å². The van der Waals surface area contributed by atoms with Crippen LogP contribution in [0.3, 0.4) is 0 Å². The summed E-state index contributed by atoms with van der Waals surface area (Å²) in [4.78, 5) is 12.7. The highest BCUT2D eigenvalue weighted by Gasteiger charge is 2.30. The van der Waals surface area contributed by atoms with Crippen LogP contribution >= 0.6 is 0 Å². The first-order chi connectivity index (χ1) is 11.1. The van der Waals surface area contributed by atoms with Crippen LogP contribution in [0.5, 0.6) is 0 Å². The molecule has 0 aliphatic heterocycles. The molecule has 0 spiro atoms. The molecule has 0 unspecified atom stereocenters. The highest BCUT2D eigenvalue weighted by molar-refractivity contribution is 7.92. The van der Waals surface area contributed by atoms with Crippen molar-refractivity contribution >= 4 is 21.4 Å². The minimum absolute atomic E-state index is 0.160. The first-order valence-electron chi connectivity index (χ1n) is 7.82. The molecule has 2 rings (SSSR count). The molecule has 0 radical (unpaired) electrons. The number of hydrogen-bond donors (Lipinski definition) is 1. The number of rotatable bonds is 4. The molecule has 2 aromatic carbocycles. The van der Waals surface area contributed by atoms with E-state index in [2.05, 4.69) is 5.32 Å². The van der Waals surface area contributed by atoms with E-state index in [-0.39, 0.29) is 4.90 Å². The van der Waals surface area contributed by atoms with Crippen molar-refractivity contribution < 1.29 is 13.2 Å². The Morgan fingerprint density at radius 2 is 1.42 bits per heavy atom. The van der Waals surface area contributed by atoms with Crippen molar-refractivity contribution in [3.8, 4) is 0 Å². The Balaban J connectivity index is 2.28. The maximum Gasteiger partial charge on any atom is 0.242 e.